The average Bonchev–Trinajstić information content (AvgIpc) is 3.02. The van der Waals surface area contributed by atoms with Crippen molar-refractivity contribution in [2.45, 2.75) is 24.5 Å². The topological polar surface area (TPSA) is 188 Å². The number of aliphatic hydroxyl groups excluding tert-OH is 2. The van der Waals surface area contributed by atoms with E-state index < -0.39 is 36.6 Å². The Morgan fingerprint density at radius 1 is 1.64 bits per heavy atom. The minimum absolute atomic E-state index is 0.0272. The minimum Gasteiger partial charge on any atom is -0.394 e. The highest BCUT2D eigenvalue weighted by molar-refractivity contribution is 5.70. The van der Waals surface area contributed by atoms with Crippen LogP contribution in [-0.2, 0) is 4.74 Å². The van der Waals surface area contributed by atoms with Crippen LogP contribution >= 0.6 is 0 Å². The van der Waals surface area contributed by atoms with Crippen LogP contribution < -0.4 is 11.3 Å². The molecule has 0 aromatic carbocycles. The van der Waals surface area contributed by atoms with E-state index in [1.165, 1.54) is 10.9 Å². The predicted octanol–water partition coefficient (Wildman–Crippen LogP) is -1.37. The number of imidazole rings is 1. The summed E-state index contributed by atoms with van der Waals surface area (Å²) in [6.45, 7) is -0.460. The van der Waals surface area contributed by atoms with Crippen LogP contribution in [0.25, 0.3) is 21.6 Å². The number of hydrogen-bond acceptors (Lipinski definition) is 8. The molecule has 0 radical (unpaired) electrons. The van der Waals surface area contributed by atoms with Crippen LogP contribution in [0.3, 0.4) is 0 Å². The van der Waals surface area contributed by atoms with Crippen LogP contribution in [0.4, 0.5) is 5.95 Å². The van der Waals surface area contributed by atoms with Crippen LogP contribution in [0.15, 0.2) is 16.2 Å². The van der Waals surface area contributed by atoms with Crippen LogP contribution in [0.1, 0.15) is 6.23 Å². The Morgan fingerprint density at radius 2 is 2.41 bits per heavy atom. The molecule has 1 aliphatic rings. The second-order valence-electron chi connectivity index (χ2n) is 4.71. The largest absolute Gasteiger partial charge is 0.394 e. The molecule has 0 saturated carbocycles. The molecule has 2 aromatic rings. The molecule has 3 heterocycles. The normalized spacial score (nSPS) is 27.9. The molecule has 12 heteroatoms. The lowest BCUT2D eigenvalue weighted by Crippen LogP contribution is -2.31. The highest BCUT2D eigenvalue weighted by atomic mass is 16.5. The molecule has 4 atom stereocenters. The number of hydrogen-bond donors (Lipinski definition) is 4. The number of aliphatic hydroxyl groups is 2. The molecule has 22 heavy (non-hydrogen) atoms. The van der Waals surface area contributed by atoms with Gasteiger partial charge in [-0.25, -0.2) is 4.98 Å². The molecular weight excluding hydrogens is 296 g/mol. The Kier molecular flexibility index (Phi) is 3.42. The zero-order valence-electron chi connectivity index (χ0n) is 11.1. The Bertz CT molecular complexity index is 809. The van der Waals surface area contributed by atoms with Crippen molar-refractivity contribution >= 4 is 17.1 Å². The Morgan fingerprint density at radius 3 is 3.09 bits per heavy atom. The summed E-state index contributed by atoms with van der Waals surface area (Å²) < 4.78 is 6.82. The van der Waals surface area contributed by atoms with E-state index in [2.05, 4.69) is 25.0 Å². The zero-order chi connectivity index (χ0) is 15.9. The van der Waals surface area contributed by atoms with Gasteiger partial charge < -0.3 is 20.7 Å². The van der Waals surface area contributed by atoms with Crippen molar-refractivity contribution in [3.05, 3.63) is 27.1 Å². The number of anilines is 1. The number of rotatable bonds is 3. The molecule has 12 nitrogen and oxygen atoms in total. The summed E-state index contributed by atoms with van der Waals surface area (Å²) in [6, 6.07) is -1.01. The molecule has 3 rings (SSSR count). The second-order valence-corrected chi connectivity index (χ2v) is 4.71. The van der Waals surface area contributed by atoms with Crippen molar-refractivity contribution in [3.63, 3.8) is 0 Å². The molecule has 0 unspecified atom stereocenters. The van der Waals surface area contributed by atoms with Crippen molar-refractivity contribution in [1.82, 2.24) is 19.5 Å². The molecule has 1 fully saturated rings. The third kappa shape index (κ3) is 2.07. The summed E-state index contributed by atoms with van der Waals surface area (Å²) in [7, 11) is 0. The molecule has 116 valence electrons. The fourth-order valence-corrected chi connectivity index (χ4v) is 2.42. The fourth-order valence-electron chi connectivity index (χ4n) is 2.42. The summed E-state index contributed by atoms with van der Waals surface area (Å²) in [5.41, 5.74) is 13.8. The number of azide groups is 1. The van der Waals surface area contributed by atoms with E-state index in [-0.39, 0.29) is 17.1 Å². The standard InChI is InChI=1S/C10H12N8O4/c11-10-14-7-5(8(21)15-10)13-2-18(7)9-4(16-17-12)6(20)3(1-19)22-9/h2-4,6,9,19-20H,1H2,(H3,11,14,15,21)/t3-,4+,6-,9-/m1/s1. The summed E-state index contributed by atoms with van der Waals surface area (Å²) >= 11 is 0. The smallest absolute Gasteiger partial charge is 0.280 e. The Labute approximate surface area is 121 Å². The van der Waals surface area contributed by atoms with Gasteiger partial charge in [-0.15, -0.1) is 0 Å². The molecule has 5 N–H and O–H groups in total. The van der Waals surface area contributed by atoms with Gasteiger partial charge in [-0.3, -0.25) is 14.3 Å². The molecule has 0 bridgehead atoms. The van der Waals surface area contributed by atoms with Gasteiger partial charge >= 0.3 is 0 Å². The number of nitrogens with two attached hydrogens (primary N) is 1. The lowest BCUT2D eigenvalue weighted by atomic mass is 10.1. The first kappa shape index (κ1) is 14.3. The van der Waals surface area contributed by atoms with Crippen molar-refractivity contribution in [2.75, 3.05) is 12.3 Å². The Hall–Kier alpha value is -2.66. The zero-order valence-corrected chi connectivity index (χ0v) is 11.1. The maximum Gasteiger partial charge on any atom is 0.280 e. The van der Waals surface area contributed by atoms with Gasteiger partial charge in [-0.2, -0.15) is 4.98 Å². The van der Waals surface area contributed by atoms with Crippen LogP contribution in [0, 0.1) is 0 Å². The molecule has 0 spiro atoms. The van der Waals surface area contributed by atoms with Crippen molar-refractivity contribution in [2.24, 2.45) is 5.11 Å². The molecule has 0 amide bonds. The first-order valence-corrected chi connectivity index (χ1v) is 6.27. The number of nitrogen functional groups attached to an aromatic ring is 1. The van der Waals surface area contributed by atoms with Crippen molar-refractivity contribution in [1.29, 1.82) is 0 Å². The number of aromatic amines is 1. The maximum atomic E-state index is 11.8. The fraction of sp³-hybridized carbons (Fsp3) is 0.500. The highest BCUT2D eigenvalue weighted by Gasteiger charge is 2.44. The number of aromatic nitrogens is 4. The van der Waals surface area contributed by atoms with Crippen LogP contribution in [0.2, 0.25) is 0 Å². The van der Waals surface area contributed by atoms with E-state index in [4.69, 9.17) is 16.0 Å². The number of H-pyrrole nitrogens is 1. The monoisotopic (exact) mass is 308 g/mol. The predicted molar refractivity (Wildman–Crippen MR) is 72.5 cm³/mol. The second kappa shape index (κ2) is 5.27. The number of nitrogens with zero attached hydrogens (tertiary/aromatic N) is 6. The third-order valence-corrected chi connectivity index (χ3v) is 3.43. The first-order valence-electron chi connectivity index (χ1n) is 6.27. The van der Waals surface area contributed by atoms with E-state index in [0.717, 1.165) is 0 Å². The van der Waals surface area contributed by atoms with E-state index in [1.54, 1.807) is 0 Å². The molecule has 2 aromatic heterocycles. The first-order chi connectivity index (χ1) is 10.6. The van der Waals surface area contributed by atoms with Gasteiger partial charge in [0.05, 0.1) is 19.0 Å². The summed E-state index contributed by atoms with van der Waals surface area (Å²) in [5, 5.41) is 22.7. The van der Waals surface area contributed by atoms with E-state index in [1.807, 2.05) is 0 Å². The van der Waals surface area contributed by atoms with Gasteiger partial charge in [0.1, 0.15) is 18.4 Å². The van der Waals surface area contributed by atoms with Crippen LogP contribution in [0.5, 0.6) is 0 Å². The van der Waals surface area contributed by atoms with Crippen LogP contribution in [-0.4, -0.2) is 54.6 Å². The summed E-state index contributed by atoms with van der Waals surface area (Å²) in [4.78, 5) is 24.6. The van der Waals surface area contributed by atoms with E-state index >= 15 is 0 Å². The summed E-state index contributed by atoms with van der Waals surface area (Å²) in [6.07, 6.45) is -1.84. The molecule has 0 aliphatic carbocycles. The third-order valence-electron chi connectivity index (χ3n) is 3.43. The average molecular weight is 308 g/mol. The van der Waals surface area contributed by atoms with E-state index in [0.29, 0.717) is 0 Å². The lowest BCUT2D eigenvalue weighted by molar-refractivity contribution is -0.0436. The van der Waals surface area contributed by atoms with Gasteiger partial charge in [0, 0.05) is 4.91 Å². The van der Waals surface area contributed by atoms with Crippen molar-refractivity contribution in [3.8, 4) is 0 Å². The van der Waals surface area contributed by atoms with Gasteiger partial charge in [-0.1, -0.05) is 5.11 Å². The molecule has 1 aliphatic heterocycles. The van der Waals surface area contributed by atoms with Crippen molar-refractivity contribution < 1.29 is 14.9 Å². The minimum atomic E-state index is -1.21. The number of fused-ring (bicyclic) bond motifs is 1. The SMILES string of the molecule is [N-]=[N+]=N[C@H]1[C@H](O)[C@@H](CO)O[C@H]1n1cnc2c(=O)[nH]c(N)nc21. The summed E-state index contributed by atoms with van der Waals surface area (Å²) in [5.74, 6) is -0.114. The molecule has 1 saturated heterocycles. The van der Waals surface area contributed by atoms with E-state index in [9.17, 15) is 15.0 Å². The highest BCUT2D eigenvalue weighted by Crippen LogP contribution is 2.33. The number of nitrogens with one attached hydrogen (secondary N) is 1. The van der Waals surface area contributed by atoms with Gasteiger partial charge in [0.2, 0.25) is 5.95 Å². The quantitative estimate of drug-likeness (QED) is 0.305. The Balaban J connectivity index is 2.13. The maximum absolute atomic E-state index is 11.8. The van der Waals surface area contributed by atoms with Gasteiger partial charge in [0.15, 0.2) is 11.2 Å². The van der Waals surface area contributed by atoms with Gasteiger partial charge in [0.25, 0.3) is 5.56 Å². The van der Waals surface area contributed by atoms with Gasteiger partial charge in [-0.05, 0) is 5.53 Å². The lowest BCUT2D eigenvalue weighted by Gasteiger charge is -2.16. The molecular formula is C10H12N8O4. The number of ether oxygens (including phenoxy) is 1.